The van der Waals surface area contributed by atoms with Crippen molar-refractivity contribution in [3.05, 3.63) is 23.3 Å². The fraction of sp³-hybridized carbons (Fsp3) is 0.714. The number of nitrogens with one attached hydrogen (secondary N) is 1. The minimum Gasteiger partial charge on any atom is -0.313 e. The summed E-state index contributed by atoms with van der Waals surface area (Å²) in [5.41, 5.74) is 2.92. The van der Waals surface area contributed by atoms with Crippen molar-refractivity contribution in [1.29, 1.82) is 0 Å². The summed E-state index contributed by atoms with van der Waals surface area (Å²) >= 11 is 0. The predicted octanol–water partition coefficient (Wildman–Crippen LogP) is 4.07. The molecule has 0 bridgehead atoms. The maximum atomic E-state index is 3.42. The van der Waals surface area contributed by atoms with E-state index in [4.69, 9.17) is 0 Å². The molecule has 0 aromatic heterocycles. The third-order valence-corrected chi connectivity index (χ3v) is 2.39. The average Bonchev–Trinajstić information content (AvgIpc) is 2.17. The minimum absolute atomic E-state index is 1.03. The smallest absolute Gasteiger partial charge is 0.0137 e. The second-order valence-electron chi connectivity index (χ2n) is 4.43. The molecule has 0 spiro atoms. The van der Waals surface area contributed by atoms with Crippen LogP contribution >= 0.6 is 0 Å². The molecule has 0 saturated carbocycles. The van der Waals surface area contributed by atoms with Gasteiger partial charge in [-0.1, -0.05) is 36.6 Å². The zero-order chi connectivity index (χ0) is 11.5. The summed E-state index contributed by atoms with van der Waals surface area (Å²) in [5.74, 6) is 0. The SMILES string of the molecule is CCCCNC/C=C(\C)CCC=C(C)C. The number of unbranched alkanes of at least 4 members (excludes halogenated alkanes) is 1. The van der Waals surface area contributed by atoms with E-state index in [1.54, 1.807) is 0 Å². The van der Waals surface area contributed by atoms with Gasteiger partial charge in [-0.3, -0.25) is 0 Å². The van der Waals surface area contributed by atoms with Gasteiger partial charge >= 0.3 is 0 Å². The largest absolute Gasteiger partial charge is 0.313 e. The molecule has 0 radical (unpaired) electrons. The van der Waals surface area contributed by atoms with Gasteiger partial charge in [0.1, 0.15) is 0 Å². The van der Waals surface area contributed by atoms with Gasteiger partial charge in [0.25, 0.3) is 0 Å². The maximum absolute atomic E-state index is 3.42. The number of rotatable bonds is 8. The van der Waals surface area contributed by atoms with Crippen LogP contribution in [-0.2, 0) is 0 Å². The average molecular weight is 209 g/mol. The van der Waals surface area contributed by atoms with Gasteiger partial charge in [0.15, 0.2) is 0 Å². The van der Waals surface area contributed by atoms with Crippen LogP contribution in [0.1, 0.15) is 53.4 Å². The van der Waals surface area contributed by atoms with Gasteiger partial charge in [-0.2, -0.15) is 0 Å². The Kier molecular flexibility index (Phi) is 9.60. The highest BCUT2D eigenvalue weighted by Crippen LogP contribution is 2.05. The Labute approximate surface area is 95.7 Å². The van der Waals surface area contributed by atoms with E-state index in [1.165, 1.54) is 36.8 Å². The number of allylic oxidation sites excluding steroid dienone is 3. The minimum atomic E-state index is 1.03. The first-order valence-electron chi connectivity index (χ1n) is 6.16. The van der Waals surface area contributed by atoms with Crippen LogP contribution in [0, 0.1) is 0 Å². The molecule has 0 unspecified atom stereocenters. The van der Waals surface area contributed by atoms with E-state index in [0.29, 0.717) is 0 Å². The fourth-order valence-corrected chi connectivity index (χ4v) is 1.34. The van der Waals surface area contributed by atoms with Crippen LogP contribution in [0.4, 0.5) is 0 Å². The molecular formula is C14H27N. The Morgan fingerprint density at radius 2 is 1.87 bits per heavy atom. The first-order chi connectivity index (χ1) is 7.16. The van der Waals surface area contributed by atoms with Crippen molar-refractivity contribution in [3.8, 4) is 0 Å². The molecule has 0 aliphatic carbocycles. The Morgan fingerprint density at radius 3 is 2.47 bits per heavy atom. The summed E-state index contributed by atoms with van der Waals surface area (Å²) in [4.78, 5) is 0. The van der Waals surface area contributed by atoms with E-state index in [0.717, 1.165) is 13.1 Å². The fourth-order valence-electron chi connectivity index (χ4n) is 1.34. The van der Waals surface area contributed by atoms with Crippen molar-refractivity contribution in [1.82, 2.24) is 5.32 Å². The Hall–Kier alpha value is -0.560. The highest BCUT2D eigenvalue weighted by atomic mass is 14.8. The normalized spacial score (nSPS) is 11.6. The molecule has 1 N–H and O–H groups in total. The maximum Gasteiger partial charge on any atom is 0.0137 e. The van der Waals surface area contributed by atoms with Crippen LogP contribution in [0.25, 0.3) is 0 Å². The molecule has 0 heterocycles. The monoisotopic (exact) mass is 209 g/mol. The van der Waals surface area contributed by atoms with Crippen molar-refractivity contribution < 1.29 is 0 Å². The topological polar surface area (TPSA) is 12.0 Å². The second kappa shape index (κ2) is 9.97. The molecule has 1 heteroatoms. The lowest BCUT2D eigenvalue weighted by atomic mass is 10.1. The lowest BCUT2D eigenvalue weighted by Crippen LogP contribution is -2.14. The Balaban J connectivity index is 3.48. The Morgan fingerprint density at radius 1 is 1.13 bits per heavy atom. The van der Waals surface area contributed by atoms with Crippen LogP contribution in [0.15, 0.2) is 23.3 Å². The summed E-state index contributed by atoms with van der Waals surface area (Å²) in [6, 6.07) is 0. The summed E-state index contributed by atoms with van der Waals surface area (Å²) < 4.78 is 0. The first-order valence-corrected chi connectivity index (χ1v) is 6.16. The molecular weight excluding hydrogens is 182 g/mol. The van der Waals surface area contributed by atoms with Crippen molar-refractivity contribution >= 4 is 0 Å². The summed E-state index contributed by atoms with van der Waals surface area (Å²) in [6.45, 7) is 10.9. The molecule has 0 amide bonds. The van der Waals surface area contributed by atoms with Gasteiger partial charge in [0.05, 0.1) is 0 Å². The zero-order valence-corrected chi connectivity index (χ0v) is 10.9. The number of hydrogen-bond donors (Lipinski definition) is 1. The summed E-state index contributed by atoms with van der Waals surface area (Å²) in [5, 5.41) is 3.42. The predicted molar refractivity (Wildman–Crippen MR) is 70.2 cm³/mol. The van der Waals surface area contributed by atoms with Crippen LogP contribution < -0.4 is 5.32 Å². The molecule has 0 aliphatic heterocycles. The molecule has 15 heavy (non-hydrogen) atoms. The molecule has 0 rings (SSSR count). The number of hydrogen-bond acceptors (Lipinski definition) is 1. The van der Waals surface area contributed by atoms with Crippen molar-refractivity contribution in [2.45, 2.75) is 53.4 Å². The van der Waals surface area contributed by atoms with Crippen molar-refractivity contribution in [2.24, 2.45) is 0 Å². The van der Waals surface area contributed by atoms with Gasteiger partial charge in [-0.15, -0.1) is 0 Å². The lowest BCUT2D eigenvalue weighted by molar-refractivity contribution is 0.679. The molecule has 1 nitrogen and oxygen atoms in total. The summed E-state index contributed by atoms with van der Waals surface area (Å²) in [7, 11) is 0. The van der Waals surface area contributed by atoms with Gasteiger partial charge < -0.3 is 5.32 Å². The first kappa shape index (κ1) is 14.4. The second-order valence-corrected chi connectivity index (χ2v) is 4.43. The zero-order valence-electron chi connectivity index (χ0n) is 10.9. The summed E-state index contributed by atoms with van der Waals surface area (Å²) in [6.07, 6.45) is 9.55. The van der Waals surface area contributed by atoms with Crippen molar-refractivity contribution in [3.63, 3.8) is 0 Å². The molecule has 0 aromatic carbocycles. The van der Waals surface area contributed by atoms with Gasteiger partial charge in [-0.05, 0) is 46.6 Å². The quantitative estimate of drug-likeness (QED) is 0.469. The Bertz CT molecular complexity index is 197. The standard InChI is InChI=1S/C14H27N/c1-5-6-11-15-12-10-14(4)9-7-8-13(2)3/h8,10,15H,5-7,9,11-12H2,1-4H3/b14-10+. The van der Waals surface area contributed by atoms with Gasteiger partial charge in [-0.25, -0.2) is 0 Å². The molecule has 0 atom stereocenters. The van der Waals surface area contributed by atoms with Crippen LogP contribution in [0.3, 0.4) is 0 Å². The van der Waals surface area contributed by atoms with E-state index < -0.39 is 0 Å². The lowest BCUT2D eigenvalue weighted by Gasteiger charge is -2.01. The molecule has 0 aliphatic rings. The molecule has 0 fully saturated rings. The van der Waals surface area contributed by atoms with E-state index in [1.807, 2.05) is 0 Å². The van der Waals surface area contributed by atoms with Crippen LogP contribution in [0.2, 0.25) is 0 Å². The van der Waals surface area contributed by atoms with E-state index in [-0.39, 0.29) is 0 Å². The van der Waals surface area contributed by atoms with E-state index in [9.17, 15) is 0 Å². The van der Waals surface area contributed by atoms with Gasteiger partial charge in [0.2, 0.25) is 0 Å². The third kappa shape index (κ3) is 11.4. The third-order valence-electron chi connectivity index (χ3n) is 2.39. The van der Waals surface area contributed by atoms with E-state index >= 15 is 0 Å². The molecule has 0 saturated heterocycles. The van der Waals surface area contributed by atoms with Crippen molar-refractivity contribution in [2.75, 3.05) is 13.1 Å². The molecule has 0 aromatic rings. The molecule has 88 valence electrons. The van der Waals surface area contributed by atoms with Crippen LogP contribution in [-0.4, -0.2) is 13.1 Å². The van der Waals surface area contributed by atoms with E-state index in [2.05, 4.69) is 45.2 Å². The highest BCUT2D eigenvalue weighted by molar-refractivity contribution is 5.02. The highest BCUT2D eigenvalue weighted by Gasteiger charge is 1.89. The van der Waals surface area contributed by atoms with Crippen LogP contribution in [0.5, 0.6) is 0 Å². The van der Waals surface area contributed by atoms with Gasteiger partial charge in [0, 0.05) is 6.54 Å².